The number of hydrogen-bond acceptors (Lipinski definition) is 7. The van der Waals surface area contributed by atoms with Crippen LogP contribution < -0.4 is 18.9 Å². The number of methoxy groups -OCH3 is 3. The van der Waals surface area contributed by atoms with Crippen molar-refractivity contribution in [2.75, 3.05) is 34.5 Å². The summed E-state index contributed by atoms with van der Waals surface area (Å²) in [5.41, 5.74) is 2.39. The van der Waals surface area contributed by atoms with Gasteiger partial charge in [0.05, 0.1) is 40.1 Å². The van der Waals surface area contributed by atoms with Crippen LogP contribution in [0.2, 0.25) is 0 Å². The van der Waals surface area contributed by atoms with Crippen LogP contribution in [0, 0.1) is 5.41 Å². The first-order valence-electron chi connectivity index (χ1n) is 11.7. The molecule has 4 rings (SSSR count). The molecule has 0 aromatic heterocycles. The van der Waals surface area contributed by atoms with E-state index in [9.17, 15) is 4.79 Å². The SMILES string of the molecule is COc1cc(C(=O)c2cc(C3OCC(C)(C)CO3)cc(OC)c2OC)ccc1OCc1ccccc1. The Morgan fingerprint density at radius 2 is 1.56 bits per heavy atom. The van der Waals surface area contributed by atoms with Gasteiger partial charge in [-0.1, -0.05) is 44.2 Å². The maximum absolute atomic E-state index is 13.7. The number of carbonyl (C=O) groups excluding carboxylic acids is 1. The van der Waals surface area contributed by atoms with Gasteiger partial charge in [0.2, 0.25) is 0 Å². The van der Waals surface area contributed by atoms with Crippen LogP contribution in [0.4, 0.5) is 0 Å². The van der Waals surface area contributed by atoms with Crippen LogP contribution in [0.3, 0.4) is 0 Å². The van der Waals surface area contributed by atoms with Gasteiger partial charge in [-0.3, -0.25) is 4.79 Å². The van der Waals surface area contributed by atoms with E-state index in [-0.39, 0.29) is 11.2 Å². The molecular weight excluding hydrogens is 460 g/mol. The lowest BCUT2D eigenvalue weighted by Crippen LogP contribution is -2.33. The van der Waals surface area contributed by atoms with Crippen LogP contribution in [0.1, 0.15) is 47.2 Å². The van der Waals surface area contributed by atoms with Gasteiger partial charge in [0.1, 0.15) is 6.61 Å². The predicted molar refractivity (Wildman–Crippen MR) is 135 cm³/mol. The van der Waals surface area contributed by atoms with Gasteiger partial charge in [-0.2, -0.15) is 0 Å². The Morgan fingerprint density at radius 1 is 0.861 bits per heavy atom. The Kier molecular flexibility index (Phi) is 7.82. The monoisotopic (exact) mass is 492 g/mol. The Labute approximate surface area is 211 Å². The maximum Gasteiger partial charge on any atom is 0.197 e. The highest BCUT2D eigenvalue weighted by Crippen LogP contribution is 2.40. The van der Waals surface area contributed by atoms with Crippen LogP contribution in [0.15, 0.2) is 60.7 Å². The summed E-state index contributed by atoms with van der Waals surface area (Å²) in [6, 6.07) is 18.5. The van der Waals surface area contributed by atoms with Gasteiger partial charge in [0.15, 0.2) is 35.1 Å². The predicted octanol–water partition coefficient (Wildman–Crippen LogP) is 5.59. The summed E-state index contributed by atoms with van der Waals surface area (Å²) in [6.07, 6.45) is -0.604. The number of hydrogen-bond donors (Lipinski definition) is 0. The van der Waals surface area contributed by atoms with E-state index < -0.39 is 6.29 Å². The average molecular weight is 493 g/mol. The van der Waals surface area contributed by atoms with Crippen molar-refractivity contribution in [3.8, 4) is 23.0 Å². The highest BCUT2D eigenvalue weighted by atomic mass is 16.7. The van der Waals surface area contributed by atoms with E-state index in [1.54, 1.807) is 37.4 Å². The third-order valence-corrected chi connectivity index (χ3v) is 5.93. The van der Waals surface area contributed by atoms with Crippen molar-refractivity contribution in [3.05, 3.63) is 82.9 Å². The van der Waals surface area contributed by atoms with E-state index in [2.05, 4.69) is 13.8 Å². The molecule has 0 N–H and O–H groups in total. The smallest absolute Gasteiger partial charge is 0.197 e. The molecule has 36 heavy (non-hydrogen) atoms. The summed E-state index contributed by atoms with van der Waals surface area (Å²) in [5, 5.41) is 0. The lowest BCUT2D eigenvalue weighted by atomic mass is 9.95. The molecule has 1 aliphatic heterocycles. The summed E-state index contributed by atoms with van der Waals surface area (Å²) in [6.45, 7) is 5.62. The molecule has 1 aliphatic rings. The van der Waals surface area contributed by atoms with Gasteiger partial charge in [-0.25, -0.2) is 0 Å². The van der Waals surface area contributed by atoms with Gasteiger partial charge < -0.3 is 28.4 Å². The molecule has 3 aromatic rings. The molecule has 0 radical (unpaired) electrons. The normalized spacial score (nSPS) is 15.2. The maximum atomic E-state index is 13.7. The van der Waals surface area contributed by atoms with Crippen LogP contribution in [0.25, 0.3) is 0 Å². The number of benzene rings is 3. The number of rotatable bonds is 9. The van der Waals surface area contributed by atoms with Crippen molar-refractivity contribution in [1.82, 2.24) is 0 Å². The topological polar surface area (TPSA) is 72.5 Å². The molecular formula is C29H32O7. The quantitative estimate of drug-likeness (QED) is 0.360. The molecule has 1 heterocycles. The summed E-state index contributed by atoms with van der Waals surface area (Å²) in [4.78, 5) is 13.7. The Hall–Kier alpha value is -3.55. The molecule has 7 heteroatoms. The highest BCUT2D eigenvalue weighted by Gasteiger charge is 2.31. The molecule has 3 aromatic carbocycles. The van der Waals surface area contributed by atoms with Crippen molar-refractivity contribution < 1.29 is 33.2 Å². The molecule has 1 fully saturated rings. The van der Waals surface area contributed by atoms with Crippen molar-refractivity contribution in [2.45, 2.75) is 26.7 Å². The average Bonchev–Trinajstić information content (AvgIpc) is 2.91. The molecule has 190 valence electrons. The zero-order valence-corrected chi connectivity index (χ0v) is 21.3. The lowest BCUT2D eigenvalue weighted by molar-refractivity contribution is -0.226. The minimum absolute atomic E-state index is 0.0768. The van der Waals surface area contributed by atoms with Crippen molar-refractivity contribution in [1.29, 1.82) is 0 Å². The van der Waals surface area contributed by atoms with Gasteiger partial charge >= 0.3 is 0 Å². The lowest BCUT2D eigenvalue weighted by Gasteiger charge is -2.35. The van der Waals surface area contributed by atoms with Crippen LogP contribution in [-0.4, -0.2) is 40.3 Å². The highest BCUT2D eigenvalue weighted by molar-refractivity contribution is 6.11. The molecule has 1 saturated heterocycles. The van der Waals surface area contributed by atoms with E-state index in [0.29, 0.717) is 59.5 Å². The van der Waals surface area contributed by atoms with E-state index in [0.717, 1.165) is 5.56 Å². The van der Waals surface area contributed by atoms with Crippen LogP contribution in [-0.2, 0) is 16.1 Å². The first-order chi connectivity index (χ1) is 17.3. The fourth-order valence-corrected chi connectivity index (χ4v) is 3.99. The van der Waals surface area contributed by atoms with E-state index >= 15 is 0 Å². The Bertz CT molecular complexity index is 1190. The van der Waals surface area contributed by atoms with E-state index in [1.165, 1.54) is 14.2 Å². The van der Waals surface area contributed by atoms with Gasteiger partial charge in [-0.15, -0.1) is 0 Å². The molecule has 0 bridgehead atoms. The minimum Gasteiger partial charge on any atom is -0.493 e. The van der Waals surface area contributed by atoms with Crippen molar-refractivity contribution in [2.24, 2.45) is 5.41 Å². The van der Waals surface area contributed by atoms with Crippen molar-refractivity contribution >= 4 is 5.78 Å². The van der Waals surface area contributed by atoms with E-state index in [1.807, 2.05) is 30.3 Å². The van der Waals surface area contributed by atoms with Gasteiger partial charge in [-0.05, 0) is 35.9 Å². The second kappa shape index (κ2) is 11.0. The molecule has 0 saturated carbocycles. The number of ether oxygens (including phenoxy) is 6. The molecule has 0 unspecified atom stereocenters. The van der Waals surface area contributed by atoms with Crippen molar-refractivity contribution in [3.63, 3.8) is 0 Å². The van der Waals surface area contributed by atoms with Crippen LogP contribution in [0.5, 0.6) is 23.0 Å². The van der Waals surface area contributed by atoms with Gasteiger partial charge in [0, 0.05) is 16.5 Å². The second-order valence-electron chi connectivity index (χ2n) is 9.39. The summed E-state index contributed by atoms with van der Waals surface area (Å²) >= 11 is 0. The van der Waals surface area contributed by atoms with E-state index in [4.69, 9.17) is 28.4 Å². The Morgan fingerprint density at radius 3 is 2.19 bits per heavy atom. The third kappa shape index (κ3) is 5.64. The summed E-state index contributed by atoms with van der Waals surface area (Å²) in [7, 11) is 4.58. The summed E-state index contributed by atoms with van der Waals surface area (Å²) < 4.78 is 34.5. The molecule has 0 aliphatic carbocycles. The zero-order chi connectivity index (χ0) is 25.7. The third-order valence-electron chi connectivity index (χ3n) is 5.93. The number of carbonyl (C=O) groups is 1. The number of ketones is 1. The summed E-state index contributed by atoms with van der Waals surface area (Å²) in [5.74, 6) is 1.51. The zero-order valence-electron chi connectivity index (χ0n) is 21.3. The largest absolute Gasteiger partial charge is 0.493 e. The Balaban J connectivity index is 1.63. The molecule has 7 nitrogen and oxygen atoms in total. The molecule has 0 atom stereocenters. The standard InChI is InChI=1S/C29H32O7/c1-29(2)17-35-28(36-18-29)21-13-22(27(33-5)25(15-21)32-4)26(30)20-11-12-23(24(14-20)31-3)34-16-19-9-7-6-8-10-19/h6-15,28H,16-18H2,1-5H3. The molecule has 0 amide bonds. The molecule has 0 spiro atoms. The first kappa shape index (κ1) is 25.5. The van der Waals surface area contributed by atoms with Crippen LogP contribution >= 0.6 is 0 Å². The fourth-order valence-electron chi connectivity index (χ4n) is 3.99. The first-order valence-corrected chi connectivity index (χ1v) is 11.7. The second-order valence-corrected chi connectivity index (χ2v) is 9.39. The minimum atomic E-state index is -0.604. The van der Waals surface area contributed by atoms with Gasteiger partial charge in [0.25, 0.3) is 0 Å². The fraction of sp³-hybridized carbons (Fsp3) is 0.345.